The van der Waals surface area contributed by atoms with Crippen LogP contribution in [0.15, 0.2) is 54.9 Å². The second-order valence-corrected chi connectivity index (χ2v) is 11.0. The SMILES string of the molecule is CCCN1CCC2(CC1)Oc1c(Br)cc(Br)cc1C1CC(c3ccc(Br)cc3)=NN12. The van der Waals surface area contributed by atoms with Crippen molar-refractivity contribution in [1.82, 2.24) is 9.91 Å². The molecule has 0 radical (unpaired) electrons. The van der Waals surface area contributed by atoms with Crippen LogP contribution in [0.5, 0.6) is 5.75 Å². The molecule has 158 valence electrons. The molecule has 4 nitrogen and oxygen atoms in total. The fourth-order valence-corrected chi connectivity index (χ4v) is 6.49. The molecule has 30 heavy (non-hydrogen) atoms. The molecular formula is C23H24Br3N3O. The van der Waals surface area contributed by atoms with Gasteiger partial charge in [-0.25, -0.2) is 5.01 Å². The van der Waals surface area contributed by atoms with Crippen molar-refractivity contribution in [1.29, 1.82) is 0 Å². The third kappa shape index (κ3) is 3.65. The number of hydrazone groups is 1. The van der Waals surface area contributed by atoms with Gasteiger partial charge in [0.05, 0.1) is 16.2 Å². The Hall–Kier alpha value is -0.890. The molecule has 0 aliphatic carbocycles. The number of hydrogen-bond donors (Lipinski definition) is 0. The van der Waals surface area contributed by atoms with Gasteiger partial charge in [-0.15, -0.1) is 0 Å². The number of hydrogen-bond acceptors (Lipinski definition) is 4. The first-order valence-electron chi connectivity index (χ1n) is 10.5. The normalized spacial score (nSPS) is 22.5. The van der Waals surface area contributed by atoms with Crippen molar-refractivity contribution < 1.29 is 4.74 Å². The molecule has 3 aliphatic rings. The van der Waals surface area contributed by atoms with Gasteiger partial charge >= 0.3 is 0 Å². The van der Waals surface area contributed by atoms with E-state index >= 15 is 0 Å². The molecule has 5 rings (SSSR count). The monoisotopic (exact) mass is 595 g/mol. The summed E-state index contributed by atoms with van der Waals surface area (Å²) < 4.78 is 9.96. The summed E-state index contributed by atoms with van der Waals surface area (Å²) in [7, 11) is 0. The second kappa shape index (κ2) is 8.23. The van der Waals surface area contributed by atoms with Crippen LogP contribution in [0.1, 0.15) is 49.8 Å². The highest BCUT2D eigenvalue weighted by Crippen LogP contribution is 2.52. The van der Waals surface area contributed by atoms with E-state index in [9.17, 15) is 0 Å². The highest BCUT2D eigenvalue weighted by molar-refractivity contribution is 9.11. The van der Waals surface area contributed by atoms with E-state index in [0.717, 1.165) is 63.8 Å². The van der Waals surface area contributed by atoms with Crippen LogP contribution in [-0.2, 0) is 0 Å². The van der Waals surface area contributed by atoms with Crippen LogP contribution in [0.3, 0.4) is 0 Å². The van der Waals surface area contributed by atoms with E-state index in [0.29, 0.717) is 0 Å². The number of benzene rings is 2. The molecule has 0 aromatic heterocycles. The molecule has 1 unspecified atom stereocenters. The number of ether oxygens (including phenoxy) is 1. The standard InChI is InChI=1S/C23H24Br3N3O/c1-2-9-28-10-7-23(8-11-28)29-21(18-12-17(25)13-19(26)22(18)30-23)14-20(27-29)15-3-5-16(24)6-4-15/h3-6,12-13,21H,2,7-11,14H2,1H3. The van der Waals surface area contributed by atoms with Crippen LogP contribution in [-0.4, -0.2) is 41.0 Å². The quantitative estimate of drug-likeness (QED) is 0.393. The Morgan fingerprint density at radius 1 is 1.07 bits per heavy atom. The van der Waals surface area contributed by atoms with Gasteiger partial charge < -0.3 is 9.64 Å². The lowest BCUT2D eigenvalue weighted by molar-refractivity contribution is -0.150. The maximum absolute atomic E-state index is 6.81. The van der Waals surface area contributed by atoms with Crippen molar-refractivity contribution in [2.75, 3.05) is 19.6 Å². The van der Waals surface area contributed by atoms with Crippen molar-refractivity contribution in [2.45, 2.75) is 44.4 Å². The molecule has 1 fully saturated rings. The van der Waals surface area contributed by atoms with Crippen LogP contribution in [0.2, 0.25) is 0 Å². The summed E-state index contributed by atoms with van der Waals surface area (Å²) in [5.41, 5.74) is 3.14. The molecule has 7 heteroatoms. The van der Waals surface area contributed by atoms with Crippen LogP contribution < -0.4 is 4.74 Å². The molecule has 2 aromatic carbocycles. The van der Waals surface area contributed by atoms with Crippen LogP contribution in [0.25, 0.3) is 0 Å². The molecule has 1 spiro atoms. The molecule has 0 N–H and O–H groups in total. The van der Waals surface area contributed by atoms with Gasteiger partial charge in [-0.3, -0.25) is 0 Å². The first kappa shape index (κ1) is 21.0. The summed E-state index contributed by atoms with van der Waals surface area (Å²) in [5, 5.41) is 7.46. The predicted molar refractivity (Wildman–Crippen MR) is 131 cm³/mol. The topological polar surface area (TPSA) is 28.1 Å². The summed E-state index contributed by atoms with van der Waals surface area (Å²) in [5.74, 6) is 0.982. The van der Waals surface area contributed by atoms with E-state index in [1.807, 2.05) is 0 Å². The van der Waals surface area contributed by atoms with E-state index < -0.39 is 0 Å². The average Bonchev–Trinajstić information content (AvgIpc) is 3.18. The predicted octanol–water partition coefficient (Wildman–Crippen LogP) is 6.72. The Kier molecular flexibility index (Phi) is 5.75. The highest BCUT2D eigenvalue weighted by atomic mass is 79.9. The Balaban J connectivity index is 1.55. The van der Waals surface area contributed by atoms with Crippen LogP contribution in [0, 0.1) is 0 Å². The zero-order valence-corrected chi connectivity index (χ0v) is 21.6. The van der Waals surface area contributed by atoms with Gasteiger partial charge in [0.15, 0.2) is 0 Å². The number of fused-ring (bicyclic) bond motifs is 4. The van der Waals surface area contributed by atoms with E-state index in [1.165, 1.54) is 17.5 Å². The van der Waals surface area contributed by atoms with E-state index in [1.54, 1.807) is 0 Å². The van der Waals surface area contributed by atoms with Gasteiger partial charge in [0, 0.05) is 46.9 Å². The van der Waals surface area contributed by atoms with Crippen molar-refractivity contribution in [3.8, 4) is 5.75 Å². The molecule has 1 saturated heterocycles. The number of halogens is 3. The Morgan fingerprint density at radius 2 is 1.80 bits per heavy atom. The molecular weight excluding hydrogens is 574 g/mol. The van der Waals surface area contributed by atoms with E-state index in [-0.39, 0.29) is 11.8 Å². The van der Waals surface area contributed by atoms with Crippen molar-refractivity contribution in [3.63, 3.8) is 0 Å². The fourth-order valence-electron chi connectivity index (χ4n) is 4.89. The molecule has 3 aliphatic heterocycles. The molecule has 0 bridgehead atoms. The van der Waals surface area contributed by atoms with Crippen LogP contribution in [0.4, 0.5) is 0 Å². The third-order valence-corrected chi connectivity index (χ3v) is 7.95. The average molecular weight is 598 g/mol. The van der Waals surface area contributed by atoms with Gasteiger partial charge in [-0.05, 0) is 58.7 Å². The largest absolute Gasteiger partial charge is 0.465 e. The van der Waals surface area contributed by atoms with Gasteiger partial charge in [0.2, 0.25) is 5.72 Å². The third-order valence-electron chi connectivity index (χ3n) is 6.37. The van der Waals surface area contributed by atoms with Crippen molar-refractivity contribution in [2.24, 2.45) is 5.10 Å². The molecule has 2 aromatic rings. The summed E-state index contributed by atoms with van der Waals surface area (Å²) in [6, 6.07) is 12.9. The summed E-state index contributed by atoms with van der Waals surface area (Å²) in [6.45, 7) is 5.49. The Morgan fingerprint density at radius 3 is 2.50 bits per heavy atom. The number of likely N-dealkylation sites (tertiary alicyclic amines) is 1. The first-order valence-corrected chi connectivity index (χ1v) is 12.9. The number of piperidine rings is 1. The van der Waals surface area contributed by atoms with Crippen molar-refractivity contribution in [3.05, 3.63) is 60.9 Å². The zero-order chi connectivity index (χ0) is 20.9. The minimum atomic E-state index is -0.380. The minimum absolute atomic E-state index is 0.193. The van der Waals surface area contributed by atoms with Gasteiger partial charge in [-0.2, -0.15) is 5.10 Å². The molecule has 3 heterocycles. The second-order valence-electron chi connectivity index (χ2n) is 8.31. The summed E-state index contributed by atoms with van der Waals surface area (Å²) in [4.78, 5) is 2.55. The Labute approximate surface area is 203 Å². The van der Waals surface area contributed by atoms with Crippen molar-refractivity contribution >= 4 is 53.5 Å². The lowest BCUT2D eigenvalue weighted by Gasteiger charge is -2.51. The van der Waals surface area contributed by atoms with Gasteiger partial charge in [0.25, 0.3) is 0 Å². The van der Waals surface area contributed by atoms with Crippen LogP contribution >= 0.6 is 47.8 Å². The smallest absolute Gasteiger partial charge is 0.200 e. The minimum Gasteiger partial charge on any atom is -0.465 e. The van der Waals surface area contributed by atoms with Gasteiger partial charge in [-0.1, -0.05) is 50.9 Å². The lowest BCUT2D eigenvalue weighted by atomic mass is 9.90. The fraction of sp³-hybridized carbons (Fsp3) is 0.435. The maximum atomic E-state index is 6.81. The highest BCUT2D eigenvalue weighted by Gasteiger charge is 2.52. The Bertz CT molecular complexity index is 984. The lowest BCUT2D eigenvalue weighted by Crippen LogP contribution is -2.59. The molecule has 1 atom stereocenters. The van der Waals surface area contributed by atoms with E-state index in [2.05, 4.69) is 101 Å². The van der Waals surface area contributed by atoms with Gasteiger partial charge in [0.1, 0.15) is 5.75 Å². The zero-order valence-electron chi connectivity index (χ0n) is 16.9. The summed E-state index contributed by atoms with van der Waals surface area (Å²) in [6.07, 6.45) is 4.00. The number of rotatable bonds is 3. The first-order chi connectivity index (χ1) is 14.5. The summed E-state index contributed by atoms with van der Waals surface area (Å²) >= 11 is 11.0. The molecule has 0 amide bonds. The maximum Gasteiger partial charge on any atom is 0.200 e. The number of nitrogens with zero attached hydrogens (tertiary/aromatic N) is 3. The molecule has 0 saturated carbocycles. The van der Waals surface area contributed by atoms with E-state index in [4.69, 9.17) is 9.84 Å².